The van der Waals surface area contributed by atoms with Gasteiger partial charge in [-0.1, -0.05) is 44.4 Å². The van der Waals surface area contributed by atoms with E-state index in [1.54, 1.807) is 0 Å². The number of imidazole rings is 1. The Morgan fingerprint density at radius 3 is 2.38 bits per heavy atom. The third-order valence-corrected chi connectivity index (χ3v) is 6.66. The van der Waals surface area contributed by atoms with E-state index >= 15 is 0 Å². The van der Waals surface area contributed by atoms with Gasteiger partial charge in [0.15, 0.2) is 0 Å². The molecule has 0 N–H and O–H groups in total. The zero-order chi connectivity index (χ0) is 20.3. The molecule has 0 spiro atoms. The second-order valence-electron chi connectivity index (χ2n) is 9.20. The summed E-state index contributed by atoms with van der Waals surface area (Å²) in [5.41, 5.74) is 6.26. The summed E-state index contributed by atoms with van der Waals surface area (Å²) in [4.78, 5) is 7.58. The number of fused-ring (bicyclic) bond motifs is 6. The Balaban J connectivity index is 0.00000121. The molecule has 2 nitrogen and oxygen atoms in total. The number of hydrogen-bond donors (Lipinski definition) is 0. The van der Waals surface area contributed by atoms with Crippen molar-refractivity contribution in [2.75, 3.05) is 0 Å². The minimum absolute atomic E-state index is 0. The van der Waals surface area contributed by atoms with E-state index in [4.69, 9.17) is 4.98 Å². The van der Waals surface area contributed by atoms with Gasteiger partial charge >= 0.3 is 21.1 Å². The summed E-state index contributed by atoms with van der Waals surface area (Å²) >= 11 is 1.90. The molecule has 5 rings (SSSR count). The summed E-state index contributed by atoms with van der Waals surface area (Å²) in [6.45, 7) is 11.3. The molecule has 0 saturated heterocycles. The molecule has 3 aromatic heterocycles. The van der Waals surface area contributed by atoms with E-state index in [0.29, 0.717) is 0 Å². The Hall–Kier alpha value is -0.858. The van der Waals surface area contributed by atoms with Crippen LogP contribution in [0.5, 0.6) is 0 Å². The largest absolute Gasteiger partial charge is 2.00 e. The maximum atomic E-state index is 4.88. The van der Waals surface area contributed by atoms with Crippen LogP contribution in [0.4, 0.5) is 0 Å². The van der Waals surface area contributed by atoms with E-state index in [0.717, 1.165) is 17.5 Å². The number of thiophene rings is 1. The molecule has 5 heteroatoms. The second-order valence-corrected chi connectivity index (χ2v) is 10.3. The number of hydrogen-bond acceptors (Lipinski definition) is 2. The third kappa shape index (κ3) is 4.69. The van der Waals surface area contributed by atoms with Gasteiger partial charge in [-0.2, -0.15) is 0 Å². The van der Waals surface area contributed by atoms with E-state index < -0.39 is 0 Å². The van der Waals surface area contributed by atoms with Crippen molar-refractivity contribution >= 4 is 38.0 Å². The van der Waals surface area contributed by atoms with Crippen LogP contribution in [0, 0.1) is 32.8 Å². The van der Waals surface area contributed by atoms with Crippen molar-refractivity contribution in [2.45, 2.75) is 41.0 Å². The second kappa shape index (κ2) is 10.2. The standard InChI is InChI=1S/C26H25N2S.CH3.Pt.Y/c1-16-9-8-10-17(2)23(16)22-15-27-24-20-12-7-6-11-19(20)21-13-18(14-26(3,4)5)29-25(21)28(22)24;;;/h6-11,13,15H,14H2,1-5H3;1H3;;/q2*-1;+2;. The number of pyridine rings is 1. The number of rotatable bonds is 2. The molecular weight excluding hydrogens is 668 g/mol. The fourth-order valence-electron chi connectivity index (χ4n) is 4.38. The quantitative estimate of drug-likeness (QED) is 0.172. The van der Waals surface area contributed by atoms with Crippen LogP contribution in [-0.2, 0) is 60.2 Å². The first kappa shape index (κ1) is 27.4. The van der Waals surface area contributed by atoms with Crippen molar-refractivity contribution in [3.05, 3.63) is 78.2 Å². The molecule has 32 heavy (non-hydrogen) atoms. The van der Waals surface area contributed by atoms with Gasteiger partial charge in [0.25, 0.3) is 0 Å². The Labute approximate surface area is 235 Å². The smallest absolute Gasteiger partial charge is 0.358 e. The van der Waals surface area contributed by atoms with Gasteiger partial charge in [-0.3, -0.25) is 4.98 Å². The number of aryl methyl sites for hydroxylation is 2. The molecule has 3 heterocycles. The first-order chi connectivity index (χ1) is 13.8. The summed E-state index contributed by atoms with van der Waals surface area (Å²) < 4.78 is 2.36. The molecule has 5 aromatic rings. The molecule has 0 amide bonds. The third-order valence-electron chi connectivity index (χ3n) is 5.54. The average molecular weight is 697 g/mol. The van der Waals surface area contributed by atoms with Gasteiger partial charge in [0.1, 0.15) is 0 Å². The van der Waals surface area contributed by atoms with Gasteiger partial charge in [-0.15, -0.1) is 41.0 Å². The summed E-state index contributed by atoms with van der Waals surface area (Å²) in [7, 11) is 0. The van der Waals surface area contributed by atoms with Gasteiger partial charge in [0.2, 0.25) is 0 Å². The molecule has 0 atom stereocenters. The van der Waals surface area contributed by atoms with Crippen molar-refractivity contribution in [1.29, 1.82) is 0 Å². The molecule has 0 aliphatic heterocycles. The van der Waals surface area contributed by atoms with Crippen molar-refractivity contribution in [1.82, 2.24) is 9.38 Å². The van der Waals surface area contributed by atoms with E-state index in [-0.39, 0.29) is 66.6 Å². The molecule has 0 unspecified atom stereocenters. The Morgan fingerprint density at radius 1 is 1.03 bits per heavy atom. The molecule has 0 fully saturated rings. The number of aromatic nitrogens is 2. The summed E-state index contributed by atoms with van der Waals surface area (Å²) in [5, 5.41) is 3.64. The molecule has 0 saturated carbocycles. The predicted molar refractivity (Wildman–Crippen MR) is 131 cm³/mol. The van der Waals surface area contributed by atoms with Crippen LogP contribution in [0.2, 0.25) is 0 Å². The fraction of sp³-hybridized carbons (Fsp3) is 0.259. The molecule has 0 aliphatic rings. The van der Waals surface area contributed by atoms with Crippen molar-refractivity contribution in [3.63, 3.8) is 0 Å². The Morgan fingerprint density at radius 2 is 1.72 bits per heavy atom. The summed E-state index contributed by atoms with van der Waals surface area (Å²) in [5.74, 6) is 0. The van der Waals surface area contributed by atoms with Crippen LogP contribution in [0.1, 0.15) is 36.8 Å². The van der Waals surface area contributed by atoms with Crippen LogP contribution in [0.15, 0.2) is 48.7 Å². The molecule has 2 aromatic carbocycles. The first-order valence-corrected chi connectivity index (χ1v) is 10.9. The van der Waals surface area contributed by atoms with Crippen molar-refractivity contribution in [2.24, 2.45) is 5.41 Å². The fourth-order valence-corrected chi connectivity index (χ4v) is 5.86. The monoisotopic (exact) mass is 696 g/mol. The minimum atomic E-state index is 0. The maximum Gasteiger partial charge on any atom is 2.00 e. The number of benzene rings is 2. The van der Waals surface area contributed by atoms with E-state index in [1.165, 1.54) is 42.9 Å². The topological polar surface area (TPSA) is 17.3 Å². The first-order valence-electron chi connectivity index (χ1n) is 10.1. The van der Waals surface area contributed by atoms with Crippen molar-refractivity contribution < 1.29 is 53.8 Å². The average Bonchev–Trinajstić information content (AvgIpc) is 3.25. The summed E-state index contributed by atoms with van der Waals surface area (Å²) in [6, 6.07) is 18.6. The molecule has 1 radical (unpaired) electrons. The van der Waals surface area contributed by atoms with Crippen LogP contribution in [-0.4, -0.2) is 9.38 Å². The minimum Gasteiger partial charge on any atom is -0.358 e. The normalized spacial score (nSPS) is 11.3. The number of nitrogens with zero attached hydrogens (tertiary/aromatic N) is 2. The van der Waals surface area contributed by atoms with Gasteiger partial charge < -0.3 is 11.8 Å². The van der Waals surface area contributed by atoms with Gasteiger partial charge in [-0.05, 0) is 48.3 Å². The zero-order valence-corrected chi connectivity index (χ0v) is 25.4. The van der Waals surface area contributed by atoms with E-state index in [9.17, 15) is 0 Å². The zero-order valence-electron chi connectivity index (χ0n) is 19.5. The Bertz CT molecular complexity index is 1370. The molecule has 0 bridgehead atoms. The molecule has 0 aliphatic carbocycles. The summed E-state index contributed by atoms with van der Waals surface area (Å²) in [6.07, 6.45) is 3.10. The van der Waals surface area contributed by atoms with Gasteiger partial charge in [-0.25, -0.2) is 0 Å². The van der Waals surface area contributed by atoms with Gasteiger partial charge in [0.05, 0.1) is 16.2 Å². The Kier molecular flexibility index (Phi) is 8.71. The van der Waals surface area contributed by atoms with E-state index in [1.807, 2.05) is 23.6 Å². The predicted octanol–water partition coefficient (Wildman–Crippen LogP) is 7.82. The maximum absolute atomic E-state index is 4.88. The molecular formula is C27H28N2PtSY. The van der Waals surface area contributed by atoms with Gasteiger partial charge in [0, 0.05) is 49.3 Å². The van der Waals surface area contributed by atoms with E-state index in [2.05, 4.69) is 81.5 Å². The van der Waals surface area contributed by atoms with Crippen LogP contribution >= 0.6 is 11.3 Å². The SMILES string of the molecule is Cc1cccc(C)c1-c1cnc2c3[c-]cccc3c3cc(CC(C)(C)C)sc3n12.[CH3-].[Pt+2].[Y]. The molecule has 165 valence electrons. The van der Waals surface area contributed by atoms with Crippen LogP contribution in [0.25, 0.3) is 37.9 Å². The van der Waals surface area contributed by atoms with Crippen molar-refractivity contribution in [3.8, 4) is 11.3 Å². The van der Waals surface area contributed by atoms with Crippen LogP contribution < -0.4 is 0 Å². The van der Waals surface area contributed by atoms with Crippen LogP contribution in [0.3, 0.4) is 0 Å².